The Morgan fingerprint density at radius 2 is 2.06 bits per heavy atom. The Morgan fingerprint density at radius 3 is 2.74 bits per heavy atom. The number of hydrogen-bond donors (Lipinski definition) is 1. The van der Waals surface area contributed by atoms with E-state index in [2.05, 4.69) is 20.3 Å². The molecule has 8 nitrogen and oxygen atoms in total. The van der Waals surface area contributed by atoms with Crippen LogP contribution < -0.4 is 10.2 Å². The van der Waals surface area contributed by atoms with E-state index in [4.69, 9.17) is 9.47 Å². The summed E-state index contributed by atoms with van der Waals surface area (Å²) in [7, 11) is 3.66. The number of aromatic nitrogens is 2. The van der Waals surface area contributed by atoms with Crippen molar-refractivity contribution in [3.05, 3.63) is 47.5 Å². The second-order valence-electron chi connectivity index (χ2n) is 7.54. The van der Waals surface area contributed by atoms with E-state index >= 15 is 0 Å². The molecule has 0 amide bonds. The number of hydrogen-bond acceptors (Lipinski definition) is 5. The summed E-state index contributed by atoms with van der Waals surface area (Å²) in [6.07, 6.45) is 3.77. The SMILES string of the molecule is CN=C(NCc1ccc(N2CCOCC2)c(F)c1)N1CCOC(c2cnn(C)c2)C1.I. The van der Waals surface area contributed by atoms with E-state index in [0.717, 1.165) is 36.7 Å². The molecule has 2 saturated heterocycles. The normalized spacial score (nSPS) is 19.8. The molecule has 10 heteroatoms. The number of aliphatic imine (C=N–C) groups is 1. The van der Waals surface area contributed by atoms with Crippen molar-refractivity contribution in [2.45, 2.75) is 12.6 Å². The third-order valence-electron chi connectivity index (χ3n) is 5.49. The number of aryl methyl sites for hydroxylation is 1. The summed E-state index contributed by atoms with van der Waals surface area (Å²) in [5.74, 6) is 0.582. The highest BCUT2D eigenvalue weighted by atomic mass is 127. The molecule has 31 heavy (non-hydrogen) atoms. The van der Waals surface area contributed by atoms with Gasteiger partial charge < -0.3 is 24.6 Å². The van der Waals surface area contributed by atoms with Crippen LogP contribution in [0.15, 0.2) is 35.6 Å². The fourth-order valence-electron chi connectivity index (χ4n) is 3.88. The van der Waals surface area contributed by atoms with Crippen molar-refractivity contribution in [1.29, 1.82) is 0 Å². The van der Waals surface area contributed by atoms with Gasteiger partial charge in [0.05, 0.1) is 38.2 Å². The first-order valence-electron chi connectivity index (χ1n) is 10.3. The lowest BCUT2D eigenvalue weighted by molar-refractivity contribution is -0.00805. The summed E-state index contributed by atoms with van der Waals surface area (Å²) in [5, 5.41) is 7.59. The highest BCUT2D eigenvalue weighted by Crippen LogP contribution is 2.23. The molecule has 0 aliphatic carbocycles. The second kappa shape index (κ2) is 11.1. The molecule has 2 aliphatic heterocycles. The first kappa shape index (κ1) is 23.7. The van der Waals surface area contributed by atoms with Gasteiger partial charge in [-0.05, 0) is 17.7 Å². The van der Waals surface area contributed by atoms with Gasteiger partial charge >= 0.3 is 0 Å². The van der Waals surface area contributed by atoms with Crippen molar-refractivity contribution in [2.24, 2.45) is 12.0 Å². The van der Waals surface area contributed by atoms with E-state index < -0.39 is 0 Å². The Bertz CT molecular complexity index is 887. The molecule has 2 aliphatic rings. The molecule has 1 atom stereocenters. The van der Waals surface area contributed by atoms with E-state index in [1.165, 1.54) is 0 Å². The van der Waals surface area contributed by atoms with Crippen molar-refractivity contribution in [3.63, 3.8) is 0 Å². The number of morpholine rings is 2. The molecule has 0 saturated carbocycles. The van der Waals surface area contributed by atoms with Gasteiger partial charge in [0.15, 0.2) is 5.96 Å². The van der Waals surface area contributed by atoms with E-state index in [-0.39, 0.29) is 35.9 Å². The molecule has 0 radical (unpaired) electrons. The molecule has 1 aromatic heterocycles. The average molecular weight is 544 g/mol. The lowest BCUT2D eigenvalue weighted by atomic mass is 10.1. The van der Waals surface area contributed by atoms with Crippen molar-refractivity contribution in [2.75, 3.05) is 57.9 Å². The van der Waals surface area contributed by atoms with E-state index in [1.54, 1.807) is 17.8 Å². The summed E-state index contributed by atoms with van der Waals surface area (Å²) >= 11 is 0. The molecule has 2 aromatic rings. The second-order valence-corrected chi connectivity index (χ2v) is 7.54. The van der Waals surface area contributed by atoms with Gasteiger partial charge in [0.2, 0.25) is 0 Å². The number of nitrogens with zero attached hydrogens (tertiary/aromatic N) is 5. The minimum Gasteiger partial charge on any atom is -0.378 e. The Balaban J connectivity index is 0.00000272. The number of nitrogens with one attached hydrogen (secondary N) is 1. The van der Waals surface area contributed by atoms with Gasteiger partial charge in [0, 0.05) is 52.0 Å². The lowest BCUT2D eigenvalue weighted by Crippen LogP contribution is -2.47. The molecule has 1 unspecified atom stereocenters. The predicted octanol–water partition coefficient (Wildman–Crippen LogP) is 2.16. The molecule has 0 bridgehead atoms. The summed E-state index contributed by atoms with van der Waals surface area (Å²) < 4.78 is 27.7. The fourth-order valence-corrected chi connectivity index (χ4v) is 3.88. The summed E-state index contributed by atoms with van der Waals surface area (Å²) in [4.78, 5) is 8.61. The quantitative estimate of drug-likeness (QED) is 0.362. The largest absolute Gasteiger partial charge is 0.378 e. The van der Waals surface area contributed by atoms with Crippen LogP contribution in [0.1, 0.15) is 17.2 Å². The smallest absolute Gasteiger partial charge is 0.194 e. The number of guanidine groups is 1. The van der Waals surface area contributed by atoms with Gasteiger partial charge in [0.25, 0.3) is 0 Å². The molecule has 1 aromatic carbocycles. The monoisotopic (exact) mass is 544 g/mol. The van der Waals surface area contributed by atoms with Crippen LogP contribution in [0.2, 0.25) is 0 Å². The van der Waals surface area contributed by atoms with Crippen LogP contribution in [0.4, 0.5) is 10.1 Å². The van der Waals surface area contributed by atoms with Crippen molar-refractivity contribution < 1.29 is 13.9 Å². The Labute approximate surface area is 199 Å². The highest BCUT2D eigenvalue weighted by molar-refractivity contribution is 14.0. The van der Waals surface area contributed by atoms with Crippen LogP contribution in [0, 0.1) is 5.82 Å². The molecular weight excluding hydrogens is 514 g/mol. The van der Waals surface area contributed by atoms with Gasteiger partial charge in [0.1, 0.15) is 11.9 Å². The van der Waals surface area contributed by atoms with Gasteiger partial charge in [-0.2, -0.15) is 5.10 Å². The van der Waals surface area contributed by atoms with E-state index in [9.17, 15) is 4.39 Å². The predicted molar refractivity (Wildman–Crippen MR) is 129 cm³/mol. The van der Waals surface area contributed by atoms with Crippen molar-refractivity contribution >= 4 is 35.6 Å². The van der Waals surface area contributed by atoms with Crippen molar-refractivity contribution in [3.8, 4) is 0 Å². The first-order chi connectivity index (χ1) is 14.6. The lowest BCUT2D eigenvalue weighted by Gasteiger charge is -2.34. The zero-order valence-corrected chi connectivity index (χ0v) is 20.3. The van der Waals surface area contributed by atoms with Crippen LogP contribution in [-0.4, -0.2) is 73.7 Å². The van der Waals surface area contributed by atoms with Gasteiger partial charge in [-0.25, -0.2) is 4.39 Å². The summed E-state index contributed by atoms with van der Waals surface area (Å²) in [6.45, 7) is 5.27. The maximum Gasteiger partial charge on any atom is 0.194 e. The van der Waals surface area contributed by atoms with Crippen LogP contribution in [0.25, 0.3) is 0 Å². The third kappa shape index (κ3) is 5.86. The third-order valence-corrected chi connectivity index (χ3v) is 5.49. The minimum absolute atomic E-state index is 0. The molecule has 0 spiro atoms. The number of ether oxygens (including phenoxy) is 2. The van der Waals surface area contributed by atoms with Crippen molar-refractivity contribution in [1.82, 2.24) is 20.0 Å². The molecule has 2 fully saturated rings. The number of anilines is 1. The summed E-state index contributed by atoms with van der Waals surface area (Å²) in [6, 6.07) is 5.42. The van der Waals surface area contributed by atoms with Gasteiger partial charge in [-0.3, -0.25) is 9.67 Å². The minimum atomic E-state index is -0.200. The molecule has 3 heterocycles. The Morgan fingerprint density at radius 1 is 1.26 bits per heavy atom. The van der Waals surface area contributed by atoms with Crippen LogP contribution in [-0.2, 0) is 23.1 Å². The van der Waals surface area contributed by atoms with E-state index in [1.807, 2.05) is 36.5 Å². The molecule has 170 valence electrons. The topological polar surface area (TPSA) is 67.2 Å². The average Bonchev–Trinajstić information content (AvgIpc) is 3.21. The maximum atomic E-state index is 14.7. The Hall–Kier alpha value is -1.92. The van der Waals surface area contributed by atoms with Crippen LogP contribution >= 0.6 is 24.0 Å². The molecule has 4 rings (SSSR count). The Kier molecular flexibility index (Phi) is 8.50. The highest BCUT2D eigenvalue weighted by Gasteiger charge is 2.25. The fraction of sp³-hybridized carbons (Fsp3) is 0.524. The van der Waals surface area contributed by atoms with Gasteiger partial charge in [-0.1, -0.05) is 6.07 Å². The van der Waals surface area contributed by atoms with Crippen LogP contribution in [0.3, 0.4) is 0 Å². The van der Waals surface area contributed by atoms with Gasteiger partial charge in [-0.15, -0.1) is 24.0 Å². The summed E-state index contributed by atoms with van der Waals surface area (Å²) in [5.41, 5.74) is 2.57. The zero-order chi connectivity index (χ0) is 20.9. The number of rotatable bonds is 4. The first-order valence-corrected chi connectivity index (χ1v) is 10.3. The number of benzene rings is 1. The standard InChI is InChI=1S/C21H29FN6O2.HI/c1-23-21(28-7-10-30-20(15-28)17-13-25-26(2)14-17)24-12-16-3-4-19(18(22)11-16)27-5-8-29-9-6-27;/h3-4,11,13-14,20H,5-10,12,15H2,1-2H3,(H,23,24);1H. The van der Waals surface area contributed by atoms with Crippen LogP contribution in [0.5, 0.6) is 0 Å². The maximum absolute atomic E-state index is 14.7. The zero-order valence-electron chi connectivity index (χ0n) is 18.0. The molecular formula is C21H30FIN6O2. The number of halogens is 2. The molecule has 1 N–H and O–H groups in total. The van der Waals surface area contributed by atoms with E-state index in [0.29, 0.717) is 38.6 Å².